The van der Waals surface area contributed by atoms with Gasteiger partial charge in [-0.05, 0) is 49.4 Å². The Morgan fingerprint density at radius 3 is 2.62 bits per heavy atom. The molecule has 1 saturated carbocycles. The van der Waals surface area contributed by atoms with Gasteiger partial charge in [-0.1, -0.05) is 35.9 Å². The molecule has 3 rings (SSSR count). The number of urea groups is 1. The summed E-state index contributed by atoms with van der Waals surface area (Å²) in [6.07, 6.45) is 2.27. The van der Waals surface area contributed by atoms with E-state index in [1.165, 1.54) is 5.56 Å². The number of benzene rings is 2. The lowest BCUT2D eigenvalue weighted by Gasteiger charge is -2.20. The van der Waals surface area contributed by atoms with Crippen LogP contribution in [0.3, 0.4) is 0 Å². The van der Waals surface area contributed by atoms with Gasteiger partial charge in [0.25, 0.3) is 0 Å². The molecule has 1 fully saturated rings. The zero-order valence-corrected chi connectivity index (χ0v) is 13.5. The van der Waals surface area contributed by atoms with Gasteiger partial charge in [-0.15, -0.1) is 0 Å². The van der Waals surface area contributed by atoms with E-state index in [9.17, 15) is 4.79 Å². The molecule has 0 unspecified atom stereocenters. The minimum absolute atomic E-state index is 0.0258. The number of carbonyl (C=O) groups is 1. The van der Waals surface area contributed by atoms with E-state index in [4.69, 9.17) is 5.26 Å². The van der Waals surface area contributed by atoms with Crippen molar-refractivity contribution in [1.29, 1.82) is 5.26 Å². The molecule has 0 aromatic heterocycles. The first-order chi connectivity index (χ1) is 11.7. The first-order valence-corrected chi connectivity index (χ1v) is 8.05. The molecule has 122 valence electrons. The van der Waals surface area contributed by atoms with Crippen LogP contribution in [0.5, 0.6) is 0 Å². The van der Waals surface area contributed by atoms with Crippen LogP contribution in [0, 0.1) is 24.2 Å². The summed E-state index contributed by atoms with van der Waals surface area (Å²) in [5.41, 5.74) is 9.01. The lowest BCUT2D eigenvalue weighted by molar-refractivity contribution is 0.237. The van der Waals surface area contributed by atoms with Crippen molar-refractivity contribution in [3.05, 3.63) is 65.2 Å². The van der Waals surface area contributed by atoms with Crippen molar-refractivity contribution in [3.8, 4) is 6.07 Å². The van der Waals surface area contributed by atoms with Gasteiger partial charge < -0.3 is 5.32 Å². The molecule has 1 aliphatic rings. The lowest BCUT2D eigenvalue weighted by atomic mass is 10.0. The molecule has 0 spiro atoms. The Hall–Kier alpha value is -3.00. The number of nitrogens with one attached hydrogen (secondary N) is 3. The number of anilines is 1. The van der Waals surface area contributed by atoms with Crippen molar-refractivity contribution in [2.45, 2.75) is 25.8 Å². The van der Waals surface area contributed by atoms with Gasteiger partial charge in [-0.25, -0.2) is 4.79 Å². The fourth-order valence-electron chi connectivity index (χ4n) is 2.65. The van der Waals surface area contributed by atoms with Crippen molar-refractivity contribution >= 4 is 11.7 Å². The molecule has 2 aromatic rings. The third-order valence-corrected chi connectivity index (χ3v) is 4.13. The number of hydrogen-bond acceptors (Lipinski definition) is 3. The maximum Gasteiger partial charge on any atom is 0.333 e. The number of hydrazine groups is 1. The summed E-state index contributed by atoms with van der Waals surface area (Å²) in [5.74, 6) is 0.500. The van der Waals surface area contributed by atoms with Crippen LogP contribution < -0.4 is 16.2 Å². The summed E-state index contributed by atoms with van der Waals surface area (Å²) < 4.78 is 0. The molecule has 5 heteroatoms. The summed E-state index contributed by atoms with van der Waals surface area (Å²) in [7, 11) is 0. The van der Waals surface area contributed by atoms with Crippen LogP contribution in [0.4, 0.5) is 10.5 Å². The third kappa shape index (κ3) is 4.05. The van der Waals surface area contributed by atoms with E-state index in [-0.39, 0.29) is 12.1 Å². The molecule has 2 amide bonds. The topological polar surface area (TPSA) is 77.0 Å². The van der Waals surface area contributed by atoms with Crippen molar-refractivity contribution in [3.63, 3.8) is 0 Å². The summed E-state index contributed by atoms with van der Waals surface area (Å²) >= 11 is 0. The number of carbonyl (C=O) groups excluding carboxylic acids is 1. The average Bonchev–Trinajstić information content (AvgIpc) is 3.44. The van der Waals surface area contributed by atoms with Gasteiger partial charge in [0.2, 0.25) is 0 Å². The molecule has 5 nitrogen and oxygen atoms in total. The molecule has 3 N–H and O–H groups in total. The fraction of sp³-hybridized carbons (Fsp3) is 0.263. The van der Waals surface area contributed by atoms with Gasteiger partial charge >= 0.3 is 6.03 Å². The molecule has 0 saturated heterocycles. The van der Waals surface area contributed by atoms with Crippen LogP contribution in [-0.4, -0.2) is 6.03 Å². The predicted octanol–water partition coefficient (Wildman–Crippen LogP) is 3.64. The van der Waals surface area contributed by atoms with Crippen molar-refractivity contribution < 1.29 is 4.79 Å². The fourth-order valence-corrected chi connectivity index (χ4v) is 2.65. The summed E-state index contributed by atoms with van der Waals surface area (Å²) in [5, 5.41) is 11.9. The maximum absolute atomic E-state index is 12.2. The second-order valence-electron chi connectivity index (χ2n) is 6.14. The Morgan fingerprint density at radius 2 is 1.96 bits per heavy atom. The Balaban J connectivity index is 1.60. The van der Waals surface area contributed by atoms with Crippen LogP contribution in [0.25, 0.3) is 0 Å². The predicted molar refractivity (Wildman–Crippen MR) is 93.1 cm³/mol. The second kappa shape index (κ2) is 7.05. The van der Waals surface area contributed by atoms with Gasteiger partial charge in [0.1, 0.15) is 0 Å². The SMILES string of the molecule is Cc1ccc([C@@H](NC(=O)NNc2cccc(C#N)c2)C2CC2)cc1. The van der Waals surface area contributed by atoms with Gasteiger partial charge in [0, 0.05) is 0 Å². The second-order valence-corrected chi connectivity index (χ2v) is 6.14. The summed E-state index contributed by atoms with van der Waals surface area (Å²) in [4.78, 5) is 12.2. The van der Waals surface area contributed by atoms with E-state index in [2.05, 4.69) is 53.4 Å². The molecule has 0 bridgehead atoms. The molecule has 1 aliphatic carbocycles. The molecular formula is C19H20N4O. The smallest absolute Gasteiger partial charge is 0.330 e. The van der Waals surface area contributed by atoms with Gasteiger partial charge in [-0.2, -0.15) is 5.26 Å². The van der Waals surface area contributed by atoms with Crippen molar-refractivity contribution in [2.75, 3.05) is 5.43 Å². The summed E-state index contributed by atoms with van der Waals surface area (Å²) in [6, 6.07) is 17.0. The third-order valence-electron chi connectivity index (χ3n) is 4.13. The van der Waals surface area contributed by atoms with E-state index in [0.29, 0.717) is 17.2 Å². The number of hydrogen-bond donors (Lipinski definition) is 3. The van der Waals surface area contributed by atoms with E-state index in [0.717, 1.165) is 18.4 Å². The number of rotatable bonds is 5. The number of nitrogens with zero attached hydrogens (tertiary/aromatic N) is 1. The van der Waals surface area contributed by atoms with Crippen LogP contribution in [0.2, 0.25) is 0 Å². The molecular weight excluding hydrogens is 300 g/mol. The first-order valence-electron chi connectivity index (χ1n) is 8.05. The van der Waals surface area contributed by atoms with Gasteiger partial charge in [0.05, 0.1) is 23.4 Å². The minimum atomic E-state index is -0.283. The molecule has 1 atom stereocenters. The molecule has 24 heavy (non-hydrogen) atoms. The molecule has 0 heterocycles. The zero-order valence-electron chi connectivity index (χ0n) is 13.5. The summed E-state index contributed by atoms with van der Waals surface area (Å²) in [6.45, 7) is 2.05. The highest BCUT2D eigenvalue weighted by Crippen LogP contribution is 2.40. The van der Waals surface area contributed by atoms with Crippen molar-refractivity contribution in [1.82, 2.24) is 10.7 Å². The van der Waals surface area contributed by atoms with E-state index >= 15 is 0 Å². The molecule has 0 aliphatic heterocycles. The Bertz CT molecular complexity index is 760. The van der Waals surface area contributed by atoms with Gasteiger partial charge in [0.15, 0.2) is 0 Å². The van der Waals surface area contributed by atoms with E-state index in [1.807, 2.05) is 0 Å². The zero-order chi connectivity index (χ0) is 16.9. The normalized spacial score (nSPS) is 14.3. The maximum atomic E-state index is 12.2. The average molecular weight is 320 g/mol. The number of aryl methyl sites for hydroxylation is 1. The molecule has 2 aromatic carbocycles. The van der Waals surface area contributed by atoms with Crippen LogP contribution in [0.15, 0.2) is 48.5 Å². The first kappa shape index (κ1) is 15.9. The van der Waals surface area contributed by atoms with E-state index in [1.54, 1.807) is 24.3 Å². The highest BCUT2D eigenvalue weighted by Gasteiger charge is 2.33. The Morgan fingerprint density at radius 1 is 1.21 bits per heavy atom. The van der Waals surface area contributed by atoms with Gasteiger partial charge in [-0.3, -0.25) is 10.9 Å². The van der Waals surface area contributed by atoms with Crippen LogP contribution in [0.1, 0.15) is 35.6 Å². The van der Waals surface area contributed by atoms with Crippen LogP contribution in [-0.2, 0) is 0 Å². The lowest BCUT2D eigenvalue weighted by Crippen LogP contribution is -2.41. The van der Waals surface area contributed by atoms with E-state index < -0.39 is 0 Å². The highest BCUT2D eigenvalue weighted by atomic mass is 16.2. The standard InChI is InChI=1S/C19H20N4O/c1-13-5-7-15(8-6-13)18(16-9-10-16)21-19(24)23-22-17-4-2-3-14(11-17)12-20/h2-8,11,16,18,22H,9-10H2,1H3,(H2,21,23,24)/t18-/m1/s1. The number of amides is 2. The molecule has 0 radical (unpaired) electrons. The largest absolute Gasteiger partial charge is 0.333 e. The Labute approximate surface area is 141 Å². The quantitative estimate of drug-likeness (QED) is 0.736. The van der Waals surface area contributed by atoms with Crippen LogP contribution >= 0.6 is 0 Å². The number of nitriles is 1. The minimum Gasteiger partial charge on any atom is -0.330 e. The highest BCUT2D eigenvalue weighted by molar-refractivity contribution is 5.76. The van der Waals surface area contributed by atoms with Crippen molar-refractivity contribution in [2.24, 2.45) is 5.92 Å². The monoisotopic (exact) mass is 320 g/mol. The Kier molecular flexibility index (Phi) is 4.66.